The molecule has 1 aromatic rings. The maximum atomic E-state index is 10.9. The van der Waals surface area contributed by atoms with Gasteiger partial charge >= 0.3 is 0 Å². The minimum atomic E-state index is 0.0739. The Kier molecular flexibility index (Phi) is 2.28. The van der Waals surface area contributed by atoms with E-state index < -0.39 is 0 Å². The molecule has 0 saturated carbocycles. The number of hydrogen-bond donors (Lipinski definition) is 0. The molecule has 1 aromatic carbocycles. The van der Waals surface area contributed by atoms with Crippen LogP contribution in [0.25, 0.3) is 0 Å². The predicted molar refractivity (Wildman–Crippen MR) is 57.9 cm³/mol. The first-order chi connectivity index (χ1) is 6.76. The smallest absolute Gasteiger partial charge is 0.129 e. The Morgan fingerprint density at radius 2 is 2.36 bits per heavy atom. The van der Waals surface area contributed by atoms with Gasteiger partial charge in [0.25, 0.3) is 0 Å². The number of anilines is 1. The molecule has 74 valence electrons. The van der Waals surface area contributed by atoms with Gasteiger partial charge in [0.15, 0.2) is 0 Å². The number of likely N-dealkylation sites (N-methyl/N-ethyl adjacent to an activating group) is 1. The lowest BCUT2D eigenvalue weighted by atomic mass is 10.0. The largest absolute Gasteiger partial charge is 0.371 e. The van der Waals surface area contributed by atoms with E-state index in [4.69, 9.17) is 0 Å². The summed E-state index contributed by atoms with van der Waals surface area (Å²) in [5, 5.41) is 0. The molecule has 1 heterocycles. The van der Waals surface area contributed by atoms with Crippen LogP contribution in [0.5, 0.6) is 0 Å². The molecule has 0 aliphatic carbocycles. The van der Waals surface area contributed by atoms with Crippen molar-refractivity contribution in [3.05, 3.63) is 29.3 Å². The average molecular weight is 189 g/mol. The molecule has 2 nitrogen and oxygen atoms in total. The number of hydrogen-bond acceptors (Lipinski definition) is 2. The molecular weight excluding hydrogens is 174 g/mol. The second-order valence-corrected chi connectivity index (χ2v) is 3.84. The van der Waals surface area contributed by atoms with Gasteiger partial charge in [0.2, 0.25) is 0 Å². The lowest BCUT2D eigenvalue weighted by Gasteiger charge is -2.16. The summed E-state index contributed by atoms with van der Waals surface area (Å²) in [6.07, 6.45) is 1.06. The van der Waals surface area contributed by atoms with Crippen LogP contribution in [0.2, 0.25) is 0 Å². The van der Waals surface area contributed by atoms with E-state index in [9.17, 15) is 4.79 Å². The maximum absolute atomic E-state index is 10.9. The zero-order valence-electron chi connectivity index (χ0n) is 8.66. The topological polar surface area (TPSA) is 20.3 Å². The molecule has 2 rings (SSSR count). The highest BCUT2D eigenvalue weighted by molar-refractivity contribution is 5.74. The minimum Gasteiger partial charge on any atom is -0.371 e. The summed E-state index contributed by atoms with van der Waals surface area (Å²) in [6, 6.07) is 6.36. The first-order valence-electron chi connectivity index (χ1n) is 5.07. The molecule has 0 spiro atoms. The van der Waals surface area contributed by atoms with E-state index in [-0.39, 0.29) is 5.92 Å². The molecule has 0 bridgehead atoms. The monoisotopic (exact) mass is 189 g/mol. The van der Waals surface area contributed by atoms with Crippen molar-refractivity contribution in [1.82, 2.24) is 0 Å². The lowest BCUT2D eigenvalue weighted by Crippen LogP contribution is -2.21. The molecule has 1 atom stereocenters. The number of carbonyl (C=O) groups excluding carboxylic acids is 1. The standard InChI is InChI=1S/C12H15NO/c1-3-13-7-10(8-14)11-6-9(2)4-5-12(11)13/h4-6,8,10H,3,7H2,1-2H3. The molecule has 1 aliphatic rings. The van der Waals surface area contributed by atoms with Gasteiger partial charge in [-0.25, -0.2) is 0 Å². The summed E-state index contributed by atoms with van der Waals surface area (Å²) in [6.45, 7) is 6.01. The van der Waals surface area contributed by atoms with Crippen molar-refractivity contribution in [3.63, 3.8) is 0 Å². The van der Waals surface area contributed by atoms with E-state index >= 15 is 0 Å². The van der Waals surface area contributed by atoms with E-state index in [1.165, 1.54) is 16.8 Å². The molecule has 2 heteroatoms. The number of rotatable bonds is 2. The van der Waals surface area contributed by atoms with Crippen LogP contribution in [0.3, 0.4) is 0 Å². The SMILES string of the molecule is CCN1CC(C=O)c2cc(C)ccc21. The molecule has 0 amide bonds. The van der Waals surface area contributed by atoms with E-state index in [0.29, 0.717) is 0 Å². The van der Waals surface area contributed by atoms with E-state index in [1.54, 1.807) is 0 Å². The zero-order valence-corrected chi connectivity index (χ0v) is 8.66. The third-order valence-electron chi connectivity index (χ3n) is 2.89. The molecule has 1 unspecified atom stereocenters. The Bertz CT molecular complexity index is 359. The fourth-order valence-electron chi connectivity index (χ4n) is 2.11. The Labute approximate surface area is 84.5 Å². The summed E-state index contributed by atoms with van der Waals surface area (Å²) >= 11 is 0. The van der Waals surface area contributed by atoms with E-state index in [0.717, 1.165) is 19.4 Å². The van der Waals surface area contributed by atoms with Crippen molar-refractivity contribution < 1.29 is 4.79 Å². The normalized spacial score (nSPS) is 19.6. The van der Waals surface area contributed by atoms with Crippen molar-refractivity contribution in [2.24, 2.45) is 0 Å². The van der Waals surface area contributed by atoms with Gasteiger partial charge in [0.05, 0.1) is 5.92 Å². The highest BCUT2D eigenvalue weighted by Crippen LogP contribution is 2.35. The van der Waals surface area contributed by atoms with Crippen LogP contribution in [-0.4, -0.2) is 19.4 Å². The number of aryl methyl sites for hydroxylation is 1. The first-order valence-corrected chi connectivity index (χ1v) is 5.07. The van der Waals surface area contributed by atoms with Crippen LogP contribution >= 0.6 is 0 Å². The Hall–Kier alpha value is -1.31. The highest BCUT2D eigenvalue weighted by Gasteiger charge is 2.26. The minimum absolute atomic E-state index is 0.0739. The lowest BCUT2D eigenvalue weighted by molar-refractivity contribution is -0.108. The third kappa shape index (κ3) is 1.31. The fourth-order valence-corrected chi connectivity index (χ4v) is 2.11. The fraction of sp³-hybridized carbons (Fsp3) is 0.417. The number of aldehydes is 1. The Morgan fingerprint density at radius 3 is 3.00 bits per heavy atom. The average Bonchev–Trinajstić information content (AvgIpc) is 2.55. The van der Waals surface area contributed by atoms with Crippen LogP contribution in [0, 0.1) is 6.92 Å². The number of carbonyl (C=O) groups is 1. The highest BCUT2D eigenvalue weighted by atomic mass is 16.1. The van der Waals surface area contributed by atoms with Crippen molar-refractivity contribution in [3.8, 4) is 0 Å². The number of fused-ring (bicyclic) bond motifs is 1. The van der Waals surface area contributed by atoms with Gasteiger partial charge in [-0.05, 0) is 25.5 Å². The van der Waals surface area contributed by atoms with Crippen LogP contribution in [-0.2, 0) is 4.79 Å². The molecule has 0 saturated heterocycles. The van der Waals surface area contributed by atoms with Gasteiger partial charge < -0.3 is 9.69 Å². The molecule has 14 heavy (non-hydrogen) atoms. The van der Waals surface area contributed by atoms with Crippen LogP contribution in [0.15, 0.2) is 18.2 Å². The van der Waals surface area contributed by atoms with Crippen LogP contribution < -0.4 is 4.90 Å². The third-order valence-corrected chi connectivity index (χ3v) is 2.89. The van der Waals surface area contributed by atoms with E-state index in [1.807, 2.05) is 0 Å². The quantitative estimate of drug-likeness (QED) is 0.664. The summed E-state index contributed by atoms with van der Waals surface area (Å²) in [4.78, 5) is 13.2. The predicted octanol–water partition coefficient (Wildman–Crippen LogP) is 2.12. The second-order valence-electron chi connectivity index (χ2n) is 3.84. The van der Waals surface area contributed by atoms with Gasteiger partial charge in [-0.3, -0.25) is 0 Å². The van der Waals surface area contributed by atoms with Crippen LogP contribution in [0.1, 0.15) is 24.0 Å². The van der Waals surface area contributed by atoms with Crippen molar-refractivity contribution in [1.29, 1.82) is 0 Å². The summed E-state index contributed by atoms with van der Waals surface area (Å²) in [7, 11) is 0. The number of nitrogens with zero attached hydrogens (tertiary/aromatic N) is 1. The molecule has 0 N–H and O–H groups in total. The molecule has 0 radical (unpaired) electrons. The van der Waals surface area contributed by atoms with Gasteiger partial charge in [-0.2, -0.15) is 0 Å². The summed E-state index contributed by atoms with van der Waals surface area (Å²) in [5.41, 5.74) is 3.66. The molecule has 0 aromatic heterocycles. The van der Waals surface area contributed by atoms with Gasteiger partial charge in [-0.15, -0.1) is 0 Å². The van der Waals surface area contributed by atoms with Crippen LogP contribution in [0.4, 0.5) is 5.69 Å². The van der Waals surface area contributed by atoms with Gasteiger partial charge in [0, 0.05) is 18.8 Å². The molecule has 1 aliphatic heterocycles. The summed E-state index contributed by atoms with van der Waals surface area (Å²) in [5.74, 6) is 0.0739. The Balaban J connectivity index is 2.47. The van der Waals surface area contributed by atoms with Crippen molar-refractivity contribution >= 4 is 12.0 Å². The number of benzene rings is 1. The first kappa shape index (κ1) is 9.25. The molecular formula is C12H15NO. The van der Waals surface area contributed by atoms with Crippen molar-refractivity contribution in [2.45, 2.75) is 19.8 Å². The second kappa shape index (κ2) is 3.45. The maximum Gasteiger partial charge on any atom is 0.129 e. The Morgan fingerprint density at radius 1 is 1.57 bits per heavy atom. The summed E-state index contributed by atoms with van der Waals surface area (Å²) < 4.78 is 0. The van der Waals surface area contributed by atoms with Gasteiger partial charge in [0.1, 0.15) is 6.29 Å². The molecule has 0 fully saturated rings. The van der Waals surface area contributed by atoms with E-state index in [2.05, 4.69) is 36.9 Å². The van der Waals surface area contributed by atoms with Crippen molar-refractivity contribution in [2.75, 3.05) is 18.0 Å². The zero-order chi connectivity index (χ0) is 10.1. The van der Waals surface area contributed by atoms with Gasteiger partial charge in [-0.1, -0.05) is 17.7 Å².